The molecule has 0 heterocycles. The summed E-state index contributed by atoms with van der Waals surface area (Å²) in [6.45, 7) is 5.12. The average molecular weight is 266 g/mol. The number of rotatable bonds is 4. The van der Waals surface area contributed by atoms with Crippen LogP contribution >= 0.6 is 0 Å². The lowest BCUT2D eigenvalue weighted by Crippen LogP contribution is -2.44. The lowest BCUT2D eigenvalue weighted by atomic mass is 9.98. The van der Waals surface area contributed by atoms with Crippen molar-refractivity contribution in [2.45, 2.75) is 77.3 Å². The van der Waals surface area contributed by atoms with E-state index in [2.05, 4.69) is 24.5 Å². The van der Waals surface area contributed by atoms with Crippen molar-refractivity contribution in [2.75, 3.05) is 6.54 Å². The molecule has 3 atom stereocenters. The summed E-state index contributed by atoms with van der Waals surface area (Å²) in [6.07, 6.45) is 10.1. The smallest absolute Gasteiger partial charge is 0.234 e. The van der Waals surface area contributed by atoms with Crippen LogP contribution in [0.15, 0.2) is 0 Å². The molecule has 2 saturated carbocycles. The Bertz CT molecular complexity index is 284. The SMILES string of the molecule is CC1CCC(NCC(=O)NC2CCCCCC2)C1C. The Balaban J connectivity index is 1.66. The van der Waals surface area contributed by atoms with Crippen LogP contribution in [0, 0.1) is 11.8 Å². The van der Waals surface area contributed by atoms with E-state index in [0.29, 0.717) is 24.5 Å². The van der Waals surface area contributed by atoms with E-state index in [4.69, 9.17) is 0 Å². The highest BCUT2D eigenvalue weighted by Crippen LogP contribution is 2.30. The zero-order chi connectivity index (χ0) is 13.7. The molecule has 3 nitrogen and oxygen atoms in total. The predicted octanol–water partition coefficient (Wildman–Crippen LogP) is 2.85. The van der Waals surface area contributed by atoms with E-state index in [0.717, 1.165) is 5.92 Å². The van der Waals surface area contributed by atoms with Crippen LogP contribution in [0.3, 0.4) is 0 Å². The van der Waals surface area contributed by atoms with Gasteiger partial charge in [0, 0.05) is 12.1 Å². The Morgan fingerprint density at radius 1 is 1.00 bits per heavy atom. The van der Waals surface area contributed by atoms with Gasteiger partial charge in [0.05, 0.1) is 6.54 Å². The van der Waals surface area contributed by atoms with Gasteiger partial charge in [-0.2, -0.15) is 0 Å². The maximum Gasteiger partial charge on any atom is 0.234 e. The molecule has 19 heavy (non-hydrogen) atoms. The highest BCUT2D eigenvalue weighted by Gasteiger charge is 2.29. The number of hydrogen-bond donors (Lipinski definition) is 2. The van der Waals surface area contributed by atoms with E-state index in [1.54, 1.807) is 0 Å². The Kier molecular flexibility index (Phi) is 5.68. The molecule has 0 aromatic carbocycles. The molecule has 2 aliphatic rings. The van der Waals surface area contributed by atoms with Gasteiger partial charge in [0.15, 0.2) is 0 Å². The standard InChI is InChI=1S/C16H30N2O/c1-12-9-10-15(13(12)2)17-11-16(19)18-14-7-5-3-4-6-8-14/h12-15,17H,3-11H2,1-2H3,(H,18,19). The van der Waals surface area contributed by atoms with E-state index in [1.165, 1.54) is 51.4 Å². The van der Waals surface area contributed by atoms with E-state index < -0.39 is 0 Å². The molecule has 0 aromatic heterocycles. The fourth-order valence-corrected chi connectivity index (χ4v) is 3.58. The van der Waals surface area contributed by atoms with E-state index in [1.807, 2.05) is 0 Å². The zero-order valence-corrected chi connectivity index (χ0v) is 12.6. The third kappa shape index (κ3) is 4.48. The monoisotopic (exact) mass is 266 g/mol. The van der Waals surface area contributed by atoms with Crippen LogP contribution in [0.2, 0.25) is 0 Å². The van der Waals surface area contributed by atoms with Gasteiger partial charge in [-0.15, -0.1) is 0 Å². The van der Waals surface area contributed by atoms with Crippen LogP contribution in [0.1, 0.15) is 65.2 Å². The second-order valence-electron chi connectivity index (χ2n) is 6.66. The number of nitrogens with one attached hydrogen (secondary N) is 2. The molecule has 0 saturated heterocycles. The summed E-state index contributed by atoms with van der Waals surface area (Å²) in [4.78, 5) is 12.0. The van der Waals surface area contributed by atoms with Gasteiger partial charge in [0.2, 0.25) is 5.91 Å². The Hall–Kier alpha value is -0.570. The second-order valence-corrected chi connectivity index (χ2v) is 6.66. The van der Waals surface area contributed by atoms with Gasteiger partial charge in [0.25, 0.3) is 0 Å². The predicted molar refractivity (Wildman–Crippen MR) is 79.0 cm³/mol. The summed E-state index contributed by atoms with van der Waals surface area (Å²) < 4.78 is 0. The number of hydrogen-bond acceptors (Lipinski definition) is 2. The normalized spacial score (nSPS) is 33.1. The van der Waals surface area contributed by atoms with Crippen LogP contribution in [0.4, 0.5) is 0 Å². The largest absolute Gasteiger partial charge is 0.352 e. The van der Waals surface area contributed by atoms with Crippen molar-refractivity contribution in [3.63, 3.8) is 0 Å². The van der Waals surface area contributed by atoms with Crippen molar-refractivity contribution in [1.29, 1.82) is 0 Å². The van der Waals surface area contributed by atoms with Crippen molar-refractivity contribution < 1.29 is 4.79 Å². The molecule has 2 rings (SSSR count). The van der Waals surface area contributed by atoms with E-state index in [9.17, 15) is 4.79 Å². The minimum atomic E-state index is 0.193. The zero-order valence-electron chi connectivity index (χ0n) is 12.6. The average Bonchev–Trinajstić information content (AvgIpc) is 2.60. The molecule has 0 spiro atoms. The lowest BCUT2D eigenvalue weighted by molar-refractivity contribution is -0.121. The highest BCUT2D eigenvalue weighted by molar-refractivity contribution is 5.78. The first-order valence-corrected chi connectivity index (χ1v) is 8.19. The quantitative estimate of drug-likeness (QED) is 0.768. The molecule has 2 fully saturated rings. The van der Waals surface area contributed by atoms with Gasteiger partial charge < -0.3 is 10.6 Å². The molecular formula is C16H30N2O. The summed E-state index contributed by atoms with van der Waals surface area (Å²) in [5.41, 5.74) is 0. The first-order valence-electron chi connectivity index (χ1n) is 8.19. The molecule has 0 bridgehead atoms. The third-order valence-corrected chi connectivity index (χ3v) is 5.21. The molecule has 1 amide bonds. The molecule has 110 valence electrons. The molecule has 0 radical (unpaired) electrons. The van der Waals surface area contributed by atoms with Gasteiger partial charge in [-0.3, -0.25) is 4.79 Å². The van der Waals surface area contributed by atoms with Gasteiger partial charge in [-0.05, 0) is 37.5 Å². The maximum atomic E-state index is 12.0. The summed E-state index contributed by atoms with van der Waals surface area (Å²) in [6, 6.07) is 0.964. The first-order chi connectivity index (χ1) is 9.16. The maximum absolute atomic E-state index is 12.0. The van der Waals surface area contributed by atoms with Crippen LogP contribution in [-0.4, -0.2) is 24.5 Å². The molecule has 0 aromatic rings. The summed E-state index contributed by atoms with van der Waals surface area (Å²) >= 11 is 0. The summed E-state index contributed by atoms with van der Waals surface area (Å²) in [7, 11) is 0. The Labute approximate surface area is 117 Å². The minimum Gasteiger partial charge on any atom is -0.352 e. The minimum absolute atomic E-state index is 0.193. The second kappa shape index (κ2) is 7.28. The number of amides is 1. The van der Waals surface area contributed by atoms with Crippen molar-refractivity contribution in [3.05, 3.63) is 0 Å². The van der Waals surface area contributed by atoms with Gasteiger partial charge in [0.1, 0.15) is 0 Å². The molecule has 3 heteroatoms. The first kappa shape index (κ1) is 14.8. The molecule has 3 unspecified atom stereocenters. The molecular weight excluding hydrogens is 236 g/mol. The third-order valence-electron chi connectivity index (χ3n) is 5.21. The van der Waals surface area contributed by atoms with Crippen molar-refractivity contribution in [2.24, 2.45) is 11.8 Å². The fraction of sp³-hybridized carbons (Fsp3) is 0.938. The topological polar surface area (TPSA) is 41.1 Å². The van der Waals surface area contributed by atoms with Crippen molar-refractivity contribution >= 4 is 5.91 Å². The van der Waals surface area contributed by atoms with E-state index in [-0.39, 0.29) is 5.91 Å². The molecule has 2 aliphatic carbocycles. The lowest BCUT2D eigenvalue weighted by Gasteiger charge is -2.21. The number of carbonyl (C=O) groups is 1. The van der Waals surface area contributed by atoms with Gasteiger partial charge >= 0.3 is 0 Å². The highest BCUT2D eigenvalue weighted by atomic mass is 16.1. The Morgan fingerprint density at radius 3 is 2.26 bits per heavy atom. The van der Waals surface area contributed by atoms with Gasteiger partial charge in [-0.1, -0.05) is 39.5 Å². The van der Waals surface area contributed by atoms with Gasteiger partial charge in [-0.25, -0.2) is 0 Å². The van der Waals surface area contributed by atoms with Crippen LogP contribution < -0.4 is 10.6 Å². The summed E-state index contributed by atoms with van der Waals surface area (Å²) in [5, 5.41) is 6.66. The van der Waals surface area contributed by atoms with Crippen molar-refractivity contribution in [1.82, 2.24) is 10.6 Å². The summed E-state index contributed by atoms with van der Waals surface area (Å²) in [5.74, 6) is 1.69. The van der Waals surface area contributed by atoms with Crippen LogP contribution in [0.25, 0.3) is 0 Å². The van der Waals surface area contributed by atoms with Crippen LogP contribution in [0.5, 0.6) is 0 Å². The molecule has 0 aliphatic heterocycles. The van der Waals surface area contributed by atoms with Crippen molar-refractivity contribution in [3.8, 4) is 0 Å². The van der Waals surface area contributed by atoms with Crippen LogP contribution in [-0.2, 0) is 4.79 Å². The fourth-order valence-electron chi connectivity index (χ4n) is 3.58. The number of carbonyl (C=O) groups excluding carboxylic acids is 1. The molecule has 2 N–H and O–H groups in total. The Morgan fingerprint density at radius 2 is 1.68 bits per heavy atom. The van der Waals surface area contributed by atoms with E-state index >= 15 is 0 Å².